The van der Waals surface area contributed by atoms with Crippen molar-refractivity contribution in [3.8, 4) is 0 Å². The molecule has 0 aliphatic carbocycles. The fraction of sp³-hybridized carbons (Fsp3) is 0.550. The molecule has 0 saturated carbocycles. The van der Waals surface area contributed by atoms with E-state index in [2.05, 4.69) is 24.1 Å². The Labute approximate surface area is 174 Å². The maximum absolute atomic E-state index is 13.0. The maximum atomic E-state index is 13.0. The van der Waals surface area contributed by atoms with Crippen LogP contribution < -0.4 is 10.9 Å². The number of carbonyl (C=O) groups excluding carboxylic acids is 1. The first kappa shape index (κ1) is 21.1. The van der Waals surface area contributed by atoms with Gasteiger partial charge < -0.3 is 10.1 Å². The van der Waals surface area contributed by atoms with Gasteiger partial charge in [0.05, 0.1) is 22.8 Å². The fourth-order valence-corrected chi connectivity index (χ4v) is 4.10. The van der Waals surface area contributed by atoms with E-state index in [1.165, 1.54) is 11.8 Å². The van der Waals surface area contributed by atoms with E-state index in [9.17, 15) is 9.59 Å². The molecule has 28 heavy (non-hydrogen) atoms. The number of amides is 1. The molecule has 152 valence electrons. The van der Waals surface area contributed by atoms with Gasteiger partial charge in [0.2, 0.25) is 5.91 Å². The summed E-state index contributed by atoms with van der Waals surface area (Å²) >= 11 is 7.35. The van der Waals surface area contributed by atoms with Gasteiger partial charge in [0, 0.05) is 24.7 Å². The number of hydrogen-bond donors (Lipinski definition) is 1. The van der Waals surface area contributed by atoms with Gasteiger partial charge in [0.15, 0.2) is 5.16 Å². The minimum atomic E-state index is -0.0930. The minimum absolute atomic E-state index is 0.0867. The molecule has 1 fully saturated rings. The largest absolute Gasteiger partial charge is 0.376 e. The molecule has 0 bridgehead atoms. The van der Waals surface area contributed by atoms with Gasteiger partial charge in [-0.15, -0.1) is 0 Å². The van der Waals surface area contributed by atoms with Gasteiger partial charge in [-0.1, -0.05) is 37.2 Å². The Kier molecular flexibility index (Phi) is 7.37. The number of fused-ring (bicyclic) bond motifs is 1. The summed E-state index contributed by atoms with van der Waals surface area (Å²) in [4.78, 5) is 29.8. The van der Waals surface area contributed by atoms with Gasteiger partial charge in [-0.2, -0.15) is 0 Å². The van der Waals surface area contributed by atoms with Crippen LogP contribution in [0.1, 0.15) is 33.1 Å². The number of aromatic nitrogens is 2. The van der Waals surface area contributed by atoms with Crippen molar-refractivity contribution in [3.05, 3.63) is 33.6 Å². The molecule has 2 heterocycles. The number of carbonyl (C=O) groups is 1. The van der Waals surface area contributed by atoms with Crippen LogP contribution in [0.2, 0.25) is 5.02 Å². The zero-order valence-corrected chi connectivity index (χ0v) is 17.8. The van der Waals surface area contributed by atoms with Crippen molar-refractivity contribution in [2.24, 2.45) is 5.92 Å². The van der Waals surface area contributed by atoms with E-state index >= 15 is 0 Å². The highest BCUT2D eigenvalue weighted by atomic mass is 35.5. The summed E-state index contributed by atoms with van der Waals surface area (Å²) in [6.45, 7) is 6.10. The molecule has 2 aromatic rings. The third-order valence-corrected chi connectivity index (χ3v) is 5.91. The van der Waals surface area contributed by atoms with E-state index in [0.717, 1.165) is 25.9 Å². The molecule has 1 aliphatic heterocycles. The van der Waals surface area contributed by atoms with Crippen LogP contribution >= 0.6 is 23.4 Å². The molecule has 1 aliphatic rings. The topological polar surface area (TPSA) is 73.2 Å². The quantitative estimate of drug-likeness (QED) is 0.519. The summed E-state index contributed by atoms with van der Waals surface area (Å²) < 4.78 is 7.20. The van der Waals surface area contributed by atoms with Crippen molar-refractivity contribution in [2.45, 2.75) is 50.9 Å². The van der Waals surface area contributed by atoms with Gasteiger partial charge in [0.25, 0.3) is 5.56 Å². The number of thioether (sulfide) groups is 1. The maximum Gasteiger partial charge on any atom is 0.262 e. The standard InChI is InChI=1S/C20H26ClN3O3S/c1-13(2)7-8-24-19(26)16-6-5-14(21)10-17(16)23-20(24)28-12-18(25)22-11-15-4-3-9-27-15/h5-6,10,13,15H,3-4,7-9,11-12H2,1-2H3,(H,22,25). The number of halogens is 1. The van der Waals surface area contributed by atoms with E-state index in [1.807, 2.05) is 0 Å². The molecular formula is C20H26ClN3O3S. The molecule has 8 heteroatoms. The monoisotopic (exact) mass is 423 g/mol. The minimum Gasteiger partial charge on any atom is -0.376 e. The van der Waals surface area contributed by atoms with E-state index in [0.29, 0.717) is 40.1 Å². The molecule has 0 spiro atoms. The number of hydrogen-bond acceptors (Lipinski definition) is 5. The molecule has 1 unspecified atom stereocenters. The smallest absolute Gasteiger partial charge is 0.262 e. The van der Waals surface area contributed by atoms with Crippen LogP contribution in [-0.4, -0.2) is 40.5 Å². The van der Waals surface area contributed by atoms with Gasteiger partial charge in [-0.05, 0) is 43.4 Å². The summed E-state index contributed by atoms with van der Waals surface area (Å²) in [5.41, 5.74) is 0.463. The first-order valence-corrected chi connectivity index (χ1v) is 11.0. The van der Waals surface area contributed by atoms with Crippen LogP contribution in [0.5, 0.6) is 0 Å². The third kappa shape index (κ3) is 5.49. The molecule has 6 nitrogen and oxygen atoms in total. The second-order valence-electron chi connectivity index (χ2n) is 7.42. The molecule has 1 aromatic heterocycles. The Morgan fingerprint density at radius 2 is 2.29 bits per heavy atom. The molecule has 1 saturated heterocycles. The molecule has 1 amide bonds. The Hall–Kier alpha value is -1.57. The van der Waals surface area contributed by atoms with Crippen LogP contribution in [0.4, 0.5) is 0 Å². The van der Waals surface area contributed by atoms with Crippen LogP contribution in [-0.2, 0) is 16.1 Å². The van der Waals surface area contributed by atoms with Crippen molar-refractivity contribution in [3.63, 3.8) is 0 Å². The number of rotatable bonds is 8. The molecule has 1 atom stereocenters. The number of nitrogens with zero attached hydrogens (tertiary/aromatic N) is 2. The second-order valence-corrected chi connectivity index (χ2v) is 8.80. The van der Waals surface area contributed by atoms with E-state index in [-0.39, 0.29) is 23.3 Å². The first-order chi connectivity index (χ1) is 13.4. The summed E-state index contributed by atoms with van der Waals surface area (Å²) in [6, 6.07) is 5.10. The van der Waals surface area contributed by atoms with Crippen LogP contribution in [0, 0.1) is 5.92 Å². The second kappa shape index (κ2) is 9.76. The zero-order chi connectivity index (χ0) is 20.1. The number of ether oxygens (including phenoxy) is 1. The van der Waals surface area contributed by atoms with E-state index in [4.69, 9.17) is 16.3 Å². The highest BCUT2D eigenvalue weighted by molar-refractivity contribution is 7.99. The molecule has 0 radical (unpaired) electrons. The van der Waals surface area contributed by atoms with E-state index in [1.54, 1.807) is 22.8 Å². The lowest BCUT2D eigenvalue weighted by atomic mass is 10.1. The first-order valence-electron chi connectivity index (χ1n) is 9.65. The lowest BCUT2D eigenvalue weighted by Crippen LogP contribution is -2.33. The lowest BCUT2D eigenvalue weighted by molar-refractivity contribution is -0.119. The van der Waals surface area contributed by atoms with Crippen molar-refractivity contribution >= 4 is 40.2 Å². The van der Waals surface area contributed by atoms with Crippen molar-refractivity contribution in [1.82, 2.24) is 14.9 Å². The SMILES string of the molecule is CC(C)CCn1c(SCC(=O)NCC2CCCO2)nc2cc(Cl)ccc2c1=O. The van der Waals surface area contributed by atoms with Crippen molar-refractivity contribution < 1.29 is 9.53 Å². The van der Waals surface area contributed by atoms with Gasteiger partial charge in [-0.25, -0.2) is 4.98 Å². The van der Waals surface area contributed by atoms with Gasteiger partial charge in [-0.3, -0.25) is 14.2 Å². The summed E-state index contributed by atoms with van der Waals surface area (Å²) in [7, 11) is 0. The highest BCUT2D eigenvalue weighted by Gasteiger charge is 2.17. The predicted octanol–water partition coefficient (Wildman–Crippen LogP) is 3.48. The van der Waals surface area contributed by atoms with Crippen molar-refractivity contribution in [2.75, 3.05) is 18.9 Å². The van der Waals surface area contributed by atoms with Crippen LogP contribution in [0.25, 0.3) is 10.9 Å². The Morgan fingerprint density at radius 1 is 1.46 bits per heavy atom. The fourth-order valence-electron chi connectivity index (χ4n) is 3.08. The lowest BCUT2D eigenvalue weighted by Gasteiger charge is -2.15. The van der Waals surface area contributed by atoms with Crippen molar-refractivity contribution in [1.29, 1.82) is 0 Å². The molecule has 3 rings (SSSR count). The van der Waals surface area contributed by atoms with Gasteiger partial charge in [0.1, 0.15) is 0 Å². The summed E-state index contributed by atoms with van der Waals surface area (Å²) in [6.07, 6.45) is 2.99. The number of benzene rings is 1. The molecular weight excluding hydrogens is 398 g/mol. The van der Waals surface area contributed by atoms with E-state index < -0.39 is 0 Å². The predicted molar refractivity (Wildman–Crippen MR) is 113 cm³/mol. The molecule has 1 N–H and O–H groups in total. The average Bonchev–Trinajstić information content (AvgIpc) is 3.17. The molecule has 1 aromatic carbocycles. The average molecular weight is 424 g/mol. The summed E-state index contributed by atoms with van der Waals surface area (Å²) in [5.74, 6) is 0.573. The Bertz CT molecular complexity index is 894. The Balaban J connectivity index is 1.75. The normalized spacial score (nSPS) is 16.8. The Morgan fingerprint density at radius 3 is 3.00 bits per heavy atom. The van der Waals surface area contributed by atoms with Crippen LogP contribution in [0.15, 0.2) is 28.2 Å². The zero-order valence-electron chi connectivity index (χ0n) is 16.2. The summed E-state index contributed by atoms with van der Waals surface area (Å²) in [5, 5.41) is 4.53. The number of nitrogens with one attached hydrogen (secondary N) is 1. The van der Waals surface area contributed by atoms with Crippen LogP contribution in [0.3, 0.4) is 0 Å². The van der Waals surface area contributed by atoms with Gasteiger partial charge >= 0.3 is 0 Å². The third-order valence-electron chi connectivity index (χ3n) is 4.70. The highest BCUT2D eigenvalue weighted by Crippen LogP contribution is 2.21.